The van der Waals surface area contributed by atoms with Crippen LogP contribution in [0.25, 0.3) is 0 Å². The first kappa shape index (κ1) is 15.9. The first-order valence-corrected chi connectivity index (χ1v) is 6.82. The lowest BCUT2D eigenvalue weighted by Gasteiger charge is -2.10. The number of anilines is 1. The monoisotopic (exact) mass is 277 g/mol. The Morgan fingerprint density at radius 3 is 2.65 bits per heavy atom. The Morgan fingerprint density at radius 1 is 1.30 bits per heavy atom. The maximum atomic E-state index is 11.7. The van der Waals surface area contributed by atoms with E-state index in [0.717, 1.165) is 18.5 Å². The summed E-state index contributed by atoms with van der Waals surface area (Å²) in [7, 11) is 1.71. The number of carbonyl (C=O) groups is 1. The SMILES string of the molecule is CCCNC(=NC)NCCC(=O)Nc1ccc(C)cn1. The number of aryl methyl sites for hydroxylation is 1. The largest absolute Gasteiger partial charge is 0.356 e. The van der Waals surface area contributed by atoms with Crippen molar-refractivity contribution >= 4 is 17.7 Å². The van der Waals surface area contributed by atoms with E-state index in [1.165, 1.54) is 0 Å². The van der Waals surface area contributed by atoms with E-state index in [0.29, 0.717) is 24.7 Å². The summed E-state index contributed by atoms with van der Waals surface area (Å²) in [5, 5.41) is 8.98. The smallest absolute Gasteiger partial charge is 0.227 e. The van der Waals surface area contributed by atoms with E-state index in [1.54, 1.807) is 19.3 Å². The van der Waals surface area contributed by atoms with Gasteiger partial charge in [-0.15, -0.1) is 0 Å². The first-order valence-electron chi connectivity index (χ1n) is 6.82. The molecule has 1 rings (SSSR count). The predicted octanol–water partition coefficient (Wildman–Crippen LogP) is 1.29. The molecule has 3 N–H and O–H groups in total. The standard InChI is InChI=1S/C14H23N5O/c1-4-8-16-14(15-3)17-9-7-13(20)19-12-6-5-11(2)10-18-12/h5-6,10H,4,7-9H2,1-3H3,(H2,15,16,17)(H,18,19,20). The molecule has 20 heavy (non-hydrogen) atoms. The summed E-state index contributed by atoms with van der Waals surface area (Å²) < 4.78 is 0. The molecule has 110 valence electrons. The third-order valence-electron chi connectivity index (χ3n) is 2.59. The van der Waals surface area contributed by atoms with Crippen molar-refractivity contribution in [1.82, 2.24) is 15.6 Å². The molecule has 0 unspecified atom stereocenters. The van der Waals surface area contributed by atoms with Gasteiger partial charge in [0.25, 0.3) is 0 Å². The second-order valence-corrected chi connectivity index (χ2v) is 4.44. The minimum absolute atomic E-state index is 0.0696. The zero-order valence-corrected chi connectivity index (χ0v) is 12.4. The Morgan fingerprint density at radius 2 is 2.05 bits per heavy atom. The average molecular weight is 277 g/mol. The number of aromatic nitrogens is 1. The van der Waals surface area contributed by atoms with Crippen LogP contribution in [0, 0.1) is 6.92 Å². The number of nitrogens with one attached hydrogen (secondary N) is 3. The van der Waals surface area contributed by atoms with Crippen molar-refractivity contribution in [2.45, 2.75) is 26.7 Å². The summed E-state index contributed by atoms with van der Waals surface area (Å²) in [6, 6.07) is 3.71. The van der Waals surface area contributed by atoms with E-state index in [4.69, 9.17) is 0 Å². The predicted molar refractivity (Wildman–Crippen MR) is 81.9 cm³/mol. The molecule has 6 nitrogen and oxygen atoms in total. The van der Waals surface area contributed by atoms with Gasteiger partial charge >= 0.3 is 0 Å². The fourth-order valence-electron chi connectivity index (χ4n) is 1.51. The molecule has 0 fully saturated rings. The van der Waals surface area contributed by atoms with Crippen LogP contribution in [0.5, 0.6) is 0 Å². The zero-order chi connectivity index (χ0) is 14.8. The lowest BCUT2D eigenvalue weighted by molar-refractivity contribution is -0.116. The van der Waals surface area contributed by atoms with Gasteiger partial charge in [-0.1, -0.05) is 13.0 Å². The summed E-state index contributed by atoms with van der Waals surface area (Å²) in [6.07, 6.45) is 3.12. The second kappa shape index (κ2) is 8.90. The third kappa shape index (κ3) is 6.17. The fourth-order valence-corrected chi connectivity index (χ4v) is 1.51. The van der Waals surface area contributed by atoms with Gasteiger partial charge in [-0.3, -0.25) is 9.79 Å². The quantitative estimate of drug-likeness (QED) is 0.541. The van der Waals surface area contributed by atoms with E-state index in [1.807, 2.05) is 13.0 Å². The summed E-state index contributed by atoms with van der Waals surface area (Å²) >= 11 is 0. The van der Waals surface area contributed by atoms with Crippen molar-refractivity contribution < 1.29 is 4.79 Å². The van der Waals surface area contributed by atoms with E-state index < -0.39 is 0 Å². The van der Waals surface area contributed by atoms with Gasteiger partial charge < -0.3 is 16.0 Å². The van der Waals surface area contributed by atoms with Crippen molar-refractivity contribution in [3.8, 4) is 0 Å². The summed E-state index contributed by atoms with van der Waals surface area (Å²) in [4.78, 5) is 19.9. The lowest BCUT2D eigenvalue weighted by Crippen LogP contribution is -2.38. The molecule has 0 aliphatic carbocycles. The van der Waals surface area contributed by atoms with Crippen LogP contribution in [-0.2, 0) is 4.79 Å². The molecule has 0 aliphatic heterocycles. The minimum Gasteiger partial charge on any atom is -0.356 e. The fraction of sp³-hybridized carbons (Fsp3) is 0.500. The van der Waals surface area contributed by atoms with Crippen molar-refractivity contribution in [1.29, 1.82) is 0 Å². The minimum atomic E-state index is -0.0696. The molecule has 0 atom stereocenters. The highest BCUT2D eigenvalue weighted by molar-refractivity contribution is 5.90. The van der Waals surface area contributed by atoms with E-state index in [-0.39, 0.29) is 5.91 Å². The zero-order valence-electron chi connectivity index (χ0n) is 12.4. The topological polar surface area (TPSA) is 78.4 Å². The Kier molecular flexibility index (Phi) is 7.10. The number of aliphatic imine (C=N–C) groups is 1. The van der Waals surface area contributed by atoms with Crippen molar-refractivity contribution in [2.24, 2.45) is 4.99 Å². The lowest BCUT2D eigenvalue weighted by atomic mass is 10.3. The van der Waals surface area contributed by atoms with Crippen LogP contribution in [-0.4, -0.2) is 37.0 Å². The van der Waals surface area contributed by atoms with Gasteiger partial charge in [0.05, 0.1) is 0 Å². The summed E-state index contributed by atoms with van der Waals surface area (Å²) in [5.41, 5.74) is 1.07. The van der Waals surface area contributed by atoms with Crippen LogP contribution in [0.2, 0.25) is 0 Å². The van der Waals surface area contributed by atoms with E-state index in [9.17, 15) is 4.79 Å². The van der Waals surface area contributed by atoms with Crippen molar-refractivity contribution in [2.75, 3.05) is 25.5 Å². The average Bonchev–Trinajstić information content (AvgIpc) is 2.45. The van der Waals surface area contributed by atoms with Gasteiger partial charge in [-0.2, -0.15) is 0 Å². The molecule has 0 radical (unpaired) electrons. The van der Waals surface area contributed by atoms with Crippen LogP contribution in [0.15, 0.2) is 23.3 Å². The Hall–Kier alpha value is -2.11. The van der Waals surface area contributed by atoms with Crippen LogP contribution in [0.3, 0.4) is 0 Å². The highest BCUT2D eigenvalue weighted by Gasteiger charge is 2.03. The Bertz CT molecular complexity index is 441. The van der Waals surface area contributed by atoms with Gasteiger partial charge in [-0.25, -0.2) is 4.98 Å². The number of hydrogen-bond acceptors (Lipinski definition) is 3. The number of rotatable bonds is 6. The van der Waals surface area contributed by atoms with Crippen LogP contribution >= 0.6 is 0 Å². The Balaban J connectivity index is 2.27. The number of hydrogen-bond donors (Lipinski definition) is 3. The number of carbonyl (C=O) groups excluding carboxylic acids is 1. The molecular weight excluding hydrogens is 254 g/mol. The van der Waals surface area contributed by atoms with Crippen molar-refractivity contribution in [3.05, 3.63) is 23.9 Å². The third-order valence-corrected chi connectivity index (χ3v) is 2.59. The number of nitrogens with zero attached hydrogens (tertiary/aromatic N) is 2. The maximum Gasteiger partial charge on any atom is 0.227 e. The molecule has 0 spiro atoms. The molecule has 1 aromatic heterocycles. The van der Waals surface area contributed by atoms with Crippen LogP contribution < -0.4 is 16.0 Å². The molecule has 6 heteroatoms. The Labute approximate surface area is 120 Å². The molecule has 0 aliphatic rings. The summed E-state index contributed by atoms with van der Waals surface area (Å²) in [5.74, 6) is 1.22. The van der Waals surface area contributed by atoms with Gasteiger partial charge in [0.1, 0.15) is 5.82 Å². The molecule has 0 aromatic carbocycles. The maximum absolute atomic E-state index is 11.7. The van der Waals surface area contributed by atoms with Gasteiger partial charge in [0.2, 0.25) is 5.91 Å². The molecule has 1 amide bonds. The molecule has 1 heterocycles. The highest BCUT2D eigenvalue weighted by atomic mass is 16.1. The first-order chi connectivity index (χ1) is 9.65. The van der Waals surface area contributed by atoms with Crippen molar-refractivity contribution in [3.63, 3.8) is 0 Å². The van der Waals surface area contributed by atoms with E-state index >= 15 is 0 Å². The number of pyridine rings is 1. The van der Waals surface area contributed by atoms with Gasteiger partial charge in [0.15, 0.2) is 5.96 Å². The van der Waals surface area contributed by atoms with Crippen LogP contribution in [0.1, 0.15) is 25.3 Å². The molecular formula is C14H23N5O. The van der Waals surface area contributed by atoms with Gasteiger partial charge in [0, 0.05) is 32.8 Å². The van der Waals surface area contributed by atoms with Gasteiger partial charge in [-0.05, 0) is 25.0 Å². The second-order valence-electron chi connectivity index (χ2n) is 4.44. The number of guanidine groups is 1. The molecule has 0 saturated carbocycles. The highest BCUT2D eigenvalue weighted by Crippen LogP contribution is 2.03. The molecule has 1 aromatic rings. The normalized spacial score (nSPS) is 11.1. The van der Waals surface area contributed by atoms with E-state index in [2.05, 4.69) is 32.9 Å². The molecule has 0 saturated heterocycles. The molecule has 0 bridgehead atoms. The summed E-state index contributed by atoms with van der Waals surface area (Å²) in [6.45, 7) is 5.43. The van der Waals surface area contributed by atoms with Crippen LogP contribution in [0.4, 0.5) is 5.82 Å². The number of amides is 1.